The molecule has 0 radical (unpaired) electrons. The maximum Gasteiger partial charge on any atom is 1.00 e. The number of nitrogens with two attached hydrogens (primary N) is 1. The van der Waals surface area contributed by atoms with Gasteiger partial charge < -0.3 is 10.5 Å². The van der Waals surface area contributed by atoms with E-state index in [9.17, 15) is 4.79 Å². The van der Waals surface area contributed by atoms with Gasteiger partial charge in [0, 0.05) is 5.71 Å². The van der Waals surface area contributed by atoms with Crippen molar-refractivity contribution >= 4 is 28.9 Å². The molecule has 0 unspecified atom stereocenters. The number of benzene rings is 2. The van der Waals surface area contributed by atoms with E-state index in [1.807, 2.05) is 30.3 Å². The predicted octanol–water partition coefficient (Wildman–Crippen LogP) is -3.44. The van der Waals surface area contributed by atoms with Crippen LogP contribution in [-0.4, -0.2) is 11.5 Å². The summed E-state index contributed by atoms with van der Waals surface area (Å²) in [6, 6.07) is 15.6. The summed E-state index contributed by atoms with van der Waals surface area (Å²) >= 11 is 0. The van der Waals surface area contributed by atoms with Crippen molar-refractivity contribution in [3.8, 4) is 0 Å². The summed E-state index contributed by atoms with van der Waals surface area (Å²) in [5.74, 6) is -0.238. The average molecular weight is 307 g/mol. The molecule has 4 nitrogen and oxygen atoms in total. The van der Waals surface area contributed by atoms with E-state index in [1.165, 1.54) is 0 Å². The number of anilines is 2. The first-order valence-corrected chi connectivity index (χ1v) is 6.08. The van der Waals surface area contributed by atoms with E-state index in [1.54, 1.807) is 18.2 Å². The average Bonchev–Trinajstić information content (AvgIpc) is 2.48. The second-order valence-corrected chi connectivity index (χ2v) is 4.30. The van der Waals surface area contributed by atoms with Crippen molar-refractivity contribution in [3.63, 3.8) is 0 Å². The van der Waals surface area contributed by atoms with E-state index < -0.39 is 0 Å². The van der Waals surface area contributed by atoms with Crippen LogP contribution in [0.5, 0.6) is 0 Å². The number of hydrogen-bond donors (Lipinski definition) is 2. The summed E-state index contributed by atoms with van der Waals surface area (Å²) in [6.07, 6.45) is 4.55. The van der Waals surface area contributed by atoms with Crippen molar-refractivity contribution in [2.24, 2.45) is 5.10 Å². The Bertz CT molecular complexity index is 727. The van der Waals surface area contributed by atoms with E-state index in [0.29, 0.717) is 16.8 Å². The van der Waals surface area contributed by atoms with E-state index in [0.717, 1.165) is 5.69 Å². The van der Waals surface area contributed by atoms with Gasteiger partial charge in [0.05, 0.1) is 11.5 Å². The Kier molecular flexibility index (Phi) is 7.56. The smallest absolute Gasteiger partial charge is 0.450 e. The zero-order chi connectivity index (χ0) is 13.9. The third kappa shape index (κ3) is 4.10. The summed E-state index contributed by atoms with van der Waals surface area (Å²) < 4.78 is 0. The fourth-order valence-electron chi connectivity index (χ4n) is 1.95. The quantitative estimate of drug-likeness (QED) is 0.263. The predicted molar refractivity (Wildman–Crippen MR) is 79.2 cm³/mol. The van der Waals surface area contributed by atoms with Crippen LogP contribution in [0.4, 0.5) is 11.4 Å². The number of rotatable bonds is 2. The summed E-state index contributed by atoms with van der Waals surface area (Å²) in [5, 5.41) is 4.08. The Labute approximate surface area is 173 Å². The SMILES string of the molecule is Nc1c[c-]cc2c1C(=O)C(=NNc1ccccc1)[C-]=C2.[Na+].[Na+]. The van der Waals surface area contributed by atoms with Crippen molar-refractivity contribution in [2.45, 2.75) is 0 Å². The number of nitrogen functional groups attached to an aromatic ring is 1. The molecule has 2 aromatic rings. The van der Waals surface area contributed by atoms with Crippen LogP contribution >= 0.6 is 0 Å². The molecule has 1 aliphatic rings. The van der Waals surface area contributed by atoms with Crippen LogP contribution in [0.1, 0.15) is 15.9 Å². The van der Waals surface area contributed by atoms with Gasteiger partial charge in [0.15, 0.2) is 0 Å². The van der Waals surface area contributed by atoms with E-state index in [-0.39, 0.29) is 70.6 Å². The number of nitrogens with one attached hydrogen (secondary N) is 1. The van der Waals surface area contributed by atoms with Crippen LogP contribution in [0, 0.1) is 12.1 Å². The second kappa shape index (κ2) is 8.67. The largest absolute Gasteiger partial charge is 1.00 e. The van der Waals surface area contributed by atoms with E-state index in [2.05, 4.69) is 22.7 Å². The number of ketones is 1. The van der Waals surface area contributed by atoms with Crippen molar-refractivity contribution in [2.75, 3.05) is 11.2 Å². The van der Waals surface area contributed by atoms with Crippen molar-refractivity contribution in [3.05, 3.63) is 65.7 Å². The molecule has 6 heteroatoms. The molecule has 22 heavy (non-hydrogen) atoms. The first-order chi connectivity index (χ1) is 9.75. The number of hydrogen-bond acceptors (Lipinski definition) is 4. The number of Topliss-reactive ketones (excluding diaryl/α,β-unsaturated/α-hetero) is 1. The number of fused-ring (bicyclic) bond motifs is 1. The molecule has 0 amide bonds. The standard InChI is InChI=1S/C16H11N3O.2Na/c17-13-8-4-5-11-9-10-14(16(20)15(11)13)19-18-12-6-2-1-3-7-12;;/h1-3,5-9,18H,17H2;;/q-2;2*+1. The van der Waals surface area contributed by atoms with Gasteiger partial charge in [0.25, 0.3) is 0 Å². The molecule has 3 N–H and O–H groups in total. The number of carbonyl (C=O) groups excluding carboxylic acids is 1. The molecular formula is C16H11N3Na2O. The maximum atomic E-state index is 12.3. The van der Waals surface area contributed by atoms with Gasteiger partial charge in [-0.2, -0.15) is 35.5 Å². The number of allylic oxidation sites excluding steroid dienone is 1. The molecular weight excluding hydrogens is 296 g/mol. The fraction of sp³-hybridized carbons (Fsp3) is 0. The minimum Gasteiger partial charge on any atom is -0.450 e. The number of nitrogens with zero attached hydrogens (tertiary/aromatic N) is 1. The maximum absolute atomic E-state index is 12.3. The third-order valence-corrected chi connectivity index (χ3v) is 2.93. The van der Waals surface area contributed by atoms with E-state index >= 15 is 0 Å². The van der Waals surface area contributed by atoms with Gasteiger partial charge in [-0.1, -0.05) is 23.9 Å². The zero-order valence-electron chi connectivity index (χ0n) is 12.6. The molecule has 0 atom stereocenters. The minimum atomic E-state index is -0.238. The first-order valence-electron chi connectivity index (χ1n) is 6.08. The number of hydrazone groups is 1. The molecule has 98 valence electrons. The molecule has 0 spiro atoms. The Balaban J connectivity index is 0.00000121. The summed E-state index contributed by atoms with van der Waals surface area (Å²) in [7, 11) is 0. The molecule has 0 heterocycles. The molecule has 1 aliphatic carbocycles. The third-order valence-electron chi connectivity index (χ3n) is 2.93. The molecule has 2 aromatic carbocycles. The van der Waals surface area contributed by atoms with Crippen LogP contribution in [0.3, 0.4) is 0 Å². The Morgan fingerprint density at radius 1 is 1.09 bits per heavy atom. The van der Waals surface area contributed by atoms with Crippen molar-refractivity contribution in [1.29, 1.82) is 0 Å². The normalized spacial score (nSPS) is 13.8. The van der Waals surface area contributed by atoms with Crippen LogP contribution in [0.2, 0.25) is 0 Å². The number of para-hydroxylation sites is 1. The van der Waals surface area contributed by atoms with Gasteiger partial charge >= 0.3 is 59.1 Å². The summed E-state index contributed by atoms with van der Waals surface area (Å²) in [4.78, 5) is 12.3. The van der Waals surface area contributed by atoms with E-state index in [4.69, 9.17) is 5.73 Å². The van der Waals surface area contributed by atoms with Gasteiger partial charge in [0.2, 0.25) is 0 Å². The molecule has 0 aliphatic heterocycles. The number of carbonyl (C=O) groups is 1. The molecule has 0 aromatic heterocycles. The monoisotopic (exact) mass is 307 g/mol. The molecule has 0 bridgehead atoms. The summed E-state index contributed by atoms with van der Waals surface area (Å²) in [5.41, 5.74) is 11.2. The fourth-order valence-corrected chi connectivity index (χ4v) is 1.95. The Morgan fingerprint density at radius 3 is 2.55 bits per heavy atom. The van der Waals surface area contributed by atoms with Gasteiger partial charge in [-0.3, -0.25) is 5.43 Å². The van der Waals surface area contributed by atoms with Crippen LogP contribution < -0.4 is 70.3 Å². The molecule has 3 rings (SSSR count). The van der Waals surface area contributed by atoms with Crippen LogP contribution in [0.15, 0.2) is 47.6 Å². The van der Waals surface area contributed by atoms with Crippen molar-refractivity contribution in [1.82, 2.24) is 0 Å². The van der Waals surface area contributed by atoms with Gasteiger partial charge in [0.1, 0.15) is 0 Å². The molecule has 0 saturated carbocycles. The first kappa shape index (κ1) is 19.2. The summed E-state index contributed by atoms with van der Waals surface area (Å²) in [6.45, 7) is 0. The Hall–Kier alpha value is -0.880. The minimum absolute atomic E-state index is 0. The van der Waals surface area contributed by atoms with Gasteiger partial charge in [-0.25, -0.2) is 0 Å². The van der Waals surface area contributed by atoms with Crippen molar-refractivity contribution < 1.29 is 63.9 Å². The second-order valence-electron chi connectivity index (χ2n) is 4.30. The zero-order valence-corrected chi connectivity index (χ0v) is 16.6. The van der Waals surface area contributed by atoms with Gasteiger partial charge in [-0.15, -0.1) is 11.1 Å². The topological polar surface area (TPSA) is 67.5 Å². The van der Waals surface area contributed by atoms with Crippen LogP contribution in [-0.2, 0) is 0 Å². The Morgan fingerprint density at radius 2 is 1.82 bits per heavy atom. The van der Waals surface area contributed by atoms with Crippen LogP contribution in [0.25, 0.3) is 6.08 Å². The molecule has 0 saturated heterocycles. The molecule has 0 fully saturated rings. The van der Waals surface area contributed by atoms with Gasteiger partial charge in [-0.05, 0) is 12.1 Å².